The highest BCUT2D eigenvalue weighted by atomic mass is 32.2. The van der Waals surface area contributed by atoms with Crippen LogP contribution >= 0.6 is 11.8 Å². The van der Waals surface area contributed by atoms with E-state index in [9.17, 15) is 9.59 Å². The van der Waals surface area contributed by atoms with Crippen LogP contribution in [-0.2, 0) is 9.59 Å². The molecular weight excluding hydrogens is 218 g/mol. The maximum Gasteiger partial charge on any atom is 0.315 e. The fourth-order valence-corrected chi connectivity index (χ4v) is 1.62. The summed E-state index contributed by atoms with van der Waals surface area (Å²) in [6.07, 6.45) is 1.82. The van der Waals surface area contributed by atoms with Gasteiger partial charge >= 0.3 is 5.97 Å². The molecule has 88 valence electrons. The van der Waals surface area contributed by atoms with Crippen molar-refractivity contribution in [2.45, 2.75) is 25.1 Å². The van der Waals surface area contributed by atoms with Gasteiger partial charge in [0.2, 0.25) is 5.91 Å². The highest BCUT2D eigenvalue weighted by molar-refractivity contribution is 7.99. The first kappa shape index (κ1) is 14.2. The average Bonchev–Trinajstić information content (AvgIpc) is 2.18. The summed E-state index contributed by atoms with van der Waals surface area (Å²) in [6.45, 7) is 3.02. The summed E-state index contributed by atoms with van der Waals surface area (Å²) in [5.41, 5.74) is 0. The van der Waals surface area contributed by atoms with Crippen molar-refractivity contribution in [3.63, 3.8) is 0 Å². The summed E-state index contributed by atoms with van der Waals surface area (Å²) in [4.78, 5) is 21.9. The number of carboxylic acids is 1. The molecule has 0 aliphatic heterocycles. The smallest absolute Gasteiger partial charge is 0.315 e. The second kappa shape index (κ2) is 6.68. The Morgan fingerprint density at radius 1 is 1.40 bits per heavy atom. The molecule has 0 spiro atoms. The molecule has 3 unspecified atom stereocenters. The number of amides is 1. The Labute approximate surface area is 93.2 Å². The zero-order valence-corrected chi connectivity index (χ0v) is 9.87. The molecule has 0 aromatic carbocycles. The SMILES string of the molecule is CSC(CO)C(C)NC(=O)C(C)C(=O)O. The predicted molar refractivity (Wildman–Crippen MR) is 58.8 cm³/mol. The van der Waals surface area contributed by atoms with Crippen molar-refractivity contribution in [3.05, 3.63) is 0 Å². The van der Waals surface area contributed by atoms with E-state index in [1.807, 2.05) is 6.26 Å². The molecule has 0 aliphatic carbocycles. The summed E-state index contributed by atoms with van der Waals surface area (Å²) in [5.74, 6) is -2.74. The summed E-state index contributed by atoms with van der Waals surface area (Å²) < 4.78 is 0. The van der Waals surface area contributed by atoms with Gasteiger partial charge < -0.3 is 15.5 Å². The van der Waals surface area contributed by atoms with Crippen molar-refractivity contribution in [2.75, 3.05) is 12.9 Å². The molecule has 0 rings (SSSR count). The van der Waals surface area contributed by atoms with Crippen LogP contribution in [0.5, 0.6) is 0 Å². The summed E-state index contributed by atoms with van der Waals surface area (Å²) in [6, 6.07) is -0.251. The summed E-state index contributed by atoms with van der Waals surface area (Å²) in [7, 11) is 0. The lowest BCUT2D eigenvalue weighted by Crippen LogP contribution is -2.44. The van der Waals surface area contributed by atoms with Gasteiger partial charge in [0.15, 0.2) is 0 Å². The van der Waals surface area contributed by atoms with Crippen molar-refractivity contribution < 1.29 is 19.8 Å². The molecule has 6 heteroatoms. The molecule has 0 heterocycles. The van der Waals surface area contributed by atoms with E-state index in [1.165, 1.54) is 18.7 Å². The Morgan fingerprint density at radius 3 is 2.27 bits per heavy atom. The van der Waals surface area contributed by atoms with E-state index in [4.69, 9.17) is 10.2 Å². The largest absolute Gasteiger partial charge is 0.481 e. The fourth-order valence-electron chi connectivity index (χ4n) is 0.991. The van der Waals surface area contributed by atoms with Crippen LogP contribution in [0.2, 0.25) is 0 Å². The number of carbonyl (C=O) groups excluding carboxylic acids is 1. The first-order chi connectivity index (χ1) is 6.93. The van der Waals surface area contributed by atoms with E-state index in [0.29, 0.717) is 0 Å². The molecule has 5 nitrogen and oxygen atoms in total. The first-order valence-electron chi connectivity index (χ1n) is 4.60. The predicted octanol–water partition coefficient (Wildman–Crippen LogP) is -0.0643. The molecule has 0 aromatic heterocycles. The van der Waals surface area contributed by atoms with Gasteiger partial charge in [-0.25, -0.2) is 0 Å². The van der Waals surface area contributed by atoms with Crippen molar-refractivity contribution in [1.82, 2.24) is 5.32 Å². The molecular formula is C9H17NO4S. The molecule has 0 fully saturated rings. The number of carboxylic acid groups (broad SMARTS) is 1. The number of hydrogen-bond donors (Lipinski definition) is 3. The number of aliphatic carboxylic acids is 1. The highest BCUT2D eigenvalue weighted by Gasteiger charge is 2.24. The van der Waals surface area contributed by atoms with Crippen LogP contribution in [0.4, 0.5) is 0 Å². The third-order valence-corrected chi connectivity index (χ3v) is 3.34. The van der Waals surface area contributed by atoms with E-state index in [0.717, 1.165) is 0 Å². The molecule has 0 aromatic rings. The van der Waals surface area contributed by atoms with Crippen LogP contribution in [-0.4, -0.2) is 46.2 Å². The Bertz CT molecular complexity index is 230. The highest BCUT2D eigenvalue weighted by Crippen LogP contribution is 2.10. The van der Waals surface area contributed by atoms with Gasteiger partial charge in [-0.15, -0.1) is 0 Å². The number of nitrogens with one attached hydrogen (secondary N) is 1. The molecule has 0 radical (unpaired) electrons. The minimum atomic E-state index is -1.15. The van der Waals surface area contributed by atoms with Gasteiger partial charge in [-0.3, -0.25) is 9.59 Å². The Morgan fingerprint density at radius 2 is 1.93 bits per heavy atom. The quantitative estimate of drug-likeness (QED) is 0.561. The van der Waals surface area contributed by atoms with Crippen molar-refractivity contribution >= 4 is 23.6 Å². The number of aliphatic hydroxyl groups excluding tert-OH is 1. The van der Waals surface area contributed by atoms with E-state index in [2.05, 4.69) is 5.32 Å². The lowest BCUT2D eigenvalue weighted by molar-refractivity contribution is -0.146. The van der Waals surface area contributed by atoms with E-state index in [1.54, 1.807) is 6.92 Å². The van der Waals surface area contributed by atoms with Crippen molar-refractivity contribution in [2.24, 2.45) is 5.92 Å². The van der Waals surface area contributed by atoms with E-state index in [-0.39, 0.29) is 17.9 Å². The van der Waals surface area contributed by atoms with Gasteiger partial charge in [0.05, 0.1) is 6.61 Å². The van der Waals surface area contributed by atoms with Crippen LogP contribution < -0.4 is 5.32 Å². The number of hydrogen-bond acceptors (Lipinski definition) is 4. The second-order valence-corrected chi connectivity index (χ2v) is 4.39. The third-order valence-electron chi connectivity index (χ3n) is 2.17. The maximum atomic E-state index is 11.3. The topological polar surface area (TPSA) is 86.6 Å². The normalized spacial score (nSPS) is 16.5. The number of thioether (sulfide) groups is 1. The van der Waals surface area contributed by atoms with Crippen LogP contribution in [0.1, 0.15) is 13.8 Å². The average molecular weight is 235 g/mol. The maximum absolute atomic E-state index is 11.3. The minimum Gasteiger partial charge on any atom is -0.481 e. The standard InChI is InChI=1S/C9H17NO4S/c1-5(9(13)14)8(12)10-6(2)7(4-11)15-3/h5-7,11H,4H2,1-3H3,(H,10,12)(H,13,14). The van der Waals surface area contributed by atoms with Crippen LogP contribution in [0, 0.1) is 5.92 Å². The van der Waals surface area contributed by atoms with Gasteiger partial charge in [-0.1, -0.05) is 0 Å². The first-order valence-corrected chi connectivity index (χ1v) is 5.89. The number of rotatable bonds is 6. The fraction of sp³-hybridized carbons (Fsp3) is 0.778. The molecule has 0 saturated heterocycles. The molecule has 0 saturated carbocycles. The molecule has 3 N–H and O–H groups in total. The van der Waals surface area contributed by atoms with Crippen molar-refractivity contribution in [3.8, 4) is 0 Å². The molecule has 3 atom stereocenters. The number of carbonyl (C=O) groups is 2. The lowest BCUT2D eigenvalue weighted by Gasteiger charge is -2.22. The second-order valence-electron chi connectivity index (χ2n) is 3.31. The molecule has 1 amide bonds. The zero-order chi connectivity index (χ0) is 12.0. The monoisotopic (exact) mass is 235 g/mol. The van der Waals surface area contributed by atoms with Gasteiger partial charge in [0.25, 0.3) is 0 Å². The van der Waals surface area contributed by atoms with Gasteiger partial charge in [-0.2, -0.15) is 11.8 Å². The third kappa shape index (κ3) is 4.53. The van der Waals surface area contributed by atoms with E-state index >= 15 is 0 Å². The summed E-state index contributed by atoms with van der Waals surface area (Å²) >= 11 is 1.43. The Kier molecular flexibility index (Phi) is 6.35. The van der Waals surface area contributed by atoms with Crippen molar-refractivity contribution in [1.29, 1.82) is 0 Å². The Balaban J connectivity index is 4.22. The summed E-state index contributed by atoms with van der Waals surface area (Å²) in [5, 5.41) is 20.0. The molecule has 0 bridgehead atoms. The zero-order valence-electron chi connectivity index (χ0n) is 9.06. The number of aliphatic hydroxyl groups is 1. The van der Waals surface area contributed by atoms with E-state index < -0.39 is 17.8 Å². The minimum absolute atomic E-state index is 0.0515. The lowest BCUT2D eigenvalue weighted by atomic mass is 10.1. The molecule has 0 aliphatic rings. The van der Waals surface area contributed by atoms with Crippen LogP contribution in [0.3, 0.4) is 0 Å². The Hall–Kier alpha value is -0.750. The van der Waals surface area contributed by atoms with Crippen LogP contribution in [0.25, 0.3) is 0 Å². The van der Waals surface area contributed by atoms with Gasteiger partial charge in [-0.05, 0) is 20.1 Å². The van der Waals surface area contributed by atoms with Gasteiger partial charge in [0, 0.05) is 11.3 Å². The van der Waals surface area contributed by atoms with Crippen LogP contribution in [0.15, 0.2) is 0 Å². The molecule has 15 heavy (non-hydrogen) atoms. The van der Waals surface area contributed by atoms with Gasteiger partial charge in [0.1, 0.15) is 5.92 Å².